The number of hydrogen-bond donors (Lipinski definition) is 1. The summed E-state index contributed by atoms with van der Waals surface area (Å²) >= 11 is 0. The molecule has 0 amide bonds. The third-order valence-electron chi connectivity index (χ3n) is 2.13. The van der Waals surface area contributed by atoms with Crippen LogP contribution in [0.1, 0.15) is 41.0 Å². The zero-order valence-corrected chi connectivity index (χ0v) is 7.81. The van der Waals surface area contributed by atoms with Crippen molar-refractivity contribution in [3.8, 4) is 0 Å². The maximum Gasteiger partial charge on any atom is 0.0545 e. The van der Waals surface area contributed by atoms with E-state index in [4.69, 9.17) is 0 Å². The summed E-state index contributed by atoms with van der Waals surface area (Å²) in [5.74, 6) is 0.424. The quantitative estimate of drug-likeness (QED) is 0.631. The smallest absolute Gasteiger partial charge is 0.0545 e. The molecule has 0 rings (SSSR count). The SMILES string of the molecule is CC[C@H]([C@@H](C)O)C(C)(C)C. The molecular formula is C9H20O. The largest absolute Gasteiger partial charge is 0.393 e. The normalized spacial score (nSPS) is 18.6. The molecule has 1 nitrogen and oxygen atoms in total. The molecule has 0 fully saturated rings. The maximum atomic E-state index is 9.35. The van der Waals surface area contributed by atoms with E-state index in [-0.39, 0.29) is 11.5 Å². The lowest BCUT2D eigenvalue weighted by Gasteiger charge is -2.31. The third kappa shape index (κ3) is 2.70. The Bertz CT molecular complexity index is 89.4. The van der Waals surface area contributed by atoms with E-state index in [0.717, 1.165) is 6.42 Å². The van der Waals surface area contributed by atoms with Crippen molar-refractivity contribution in [3.05, 3.63) is 0 Å². The summed E-state index contributed by atoms with van der Waals surface area (Å²) < 4.78 is 0. The monoisotopic (exact) mass is 144 g/mol. The fourth-order valence-corrected chi connectivity index (χ4v) is 1.68. The minimum absolute atomic E-state index is 0.176. The molecule has 0 heterocycles. The Morgan fingerprint density at radius 3 is 1.70 bits per heavy atom. The highest BCUT2D eigenvalue weighted by Crippen LogP contribution is 2.30. The molecule has 2 atom stereocenters. The van der Waals surface area contributed by atoms with Crippen LogP contribution in [0.4, 0.5) is 0 Å². The van der Waals surface area contributed by atoms with Crippen molar-refractivity contribution >= 4 is 0 Å². The fraction of sp³-hybridized carbons (Fsp3) is 1.00. The second kappa shape index (κ2) is 3.38. The van der Waals surface area contributed by atoms with E-state index < -0.39 is 0 Å². The molecule has 0 aliphatic carbocycles. The summed E-state index contributed by atoms with van der Waals surface area (Å²) in [7, 11) is 0. The first-order valence-electron chi connectivity index (χ1n) is 4.07. The number of aliphatic hydroxyl groups is 1. The lowest BCUT2D eigenvalue weighted by atomic mass is 9.76. The standard InChI is InChI=1S/C9H20O/c1-6-8(7(2)10)9(3,4)5/h7-8,10H,6H2,1-5H3/t7-,8-/m1/s1. The van der Waals surface area contributed by atoms with E-state index >= 15 is 0 Å². The zero-order valence-electron chi connectivity index (χ0n) is 7.81. The number of hydrogen-bond acceptors (Lipinski definition) is 1. The molecule has 0 aromatic carbocycles. The molecule has 0 aliphatic heterocycles. The average Bonchev–Trinajstić information content (AvgIpc) is 1.60. The van der Waals surface area contributed by atoms with Crippen molar-refractivity contribution in [2.75, 3.05) is 0 Å². The van der Waals surface area contributed by atoms with Gasteiger partial charge in [-0.15, -0.1) is 0 Å². The maximum absolute atomic E-state index is 9.35. The van der Waals surface area contributed by atoms with Crippen LogP contribution >= 0.6 is 0 Å². The van der Waals surface area contributed by atoms with Crippen molar-refractivity contribution < 1.29 is 5.11 Å². The van der Waals surface area contributed by atoms with Crippen LogP contribution in [0.5, 0.6) is 0 Å². The Balaban J connectivity index is 4.07. The van der Waals surface area contributed by atoms with E-state index in [1.165, 1.54) is 0 Å². The van der Waals surface area contributed by atoms with Crippen molar-refractivity contribution in [1.82, 2.24) is 0 Å². The van der Waals surface area contributed by atoms with Crippen LogP contribution in [0.2, 0.25) is 0 Å². The van der Waals surface area contributed by atoms with Gasteiger partial charge in [-0.1, -0.05) is 34.1 Å². The van der Waals surface area contributed by atoms with Crippen LogP contribution in [0, 0.1) is 11.3 Å². The summed E-state index contributed by atoms with van der Waals surface area (Å²) in [6, 6.07) is 0. The molecule has 10 heavy (non-hydrogen) atoms. The van der Waals surface area contributed by atoms with Gasteiger partial charge < -0.3 is 5.11 Å². The van der Waals surface area contributed by atoms with Gasteiger partial charge in [-0.05, 0) is 18.3 Å². The van der Waals surface area contributed by atoms with Crippen LogP contribution in [0.25, 0.3) is 0 Å². The van der Waals surface area contributed by atoms with Gasteiger partial charge in [0.15, 0.2) is 0 Å². The number of rotatable bonds is 2. The summed E-state index contributed by atoms with van der Waals surface area (Å²) in [6.07, 6.45) is 0.881. The minimum Gasteiger partial charge on any atom is -0.393 e. The third-order valence-corrected chi connectivity index (χ3v) is 2.13. The van der Waals surface area contributed by atoms with E-state index in [1.54, 1.807) is 0 Å². The fourth-order valence-electron chi connectivity index (χ4n) is 1.68. The summed E-state index contributed by atoms with van der Waals surface area (Å²) in [5.41, 5.74) is 0.239. The molecule has 1 N–H and O–H groups in total. The molecular weight excluding hydrogens is 124 g/mol. The van der Waals surface area contributed by atoms with Gasteiger partial charge in [0.05, 0.1) is 6.10 Å². The molecule has 0 saturated carbocycles. The van der Waals surface area contributed by atoms with Crippen molar-refractivity contribution in [3.63, 3.8) is 0 Å². The lowest BCUT2D eigenvalue weighted by molar-refractivity contribution is 0.0538. The molecule has 0 bridgehead atoms. The first-order valence-corrected chi connectivity index (χ1v) is 4.07. The molecule has 0 radical (unpaired) electrons. The minimum atomic E-state index is -0.176. The number of aliphatic hydroxyl groups excluding tert-OH is 1. The molecule has 0 aromatic rings. The Hall–Kier alpha value is -0.0400. The van der Waals surface area contributed by atoms with Gasteiger partial charge in [0.25, 0.3) is 0 Å². The molecule has 0 aromatic heterocycles. The van der Waals surface area contributed by atoms with Gasteiger partial charge >= 0.3 is 0 Å². The molecule has 0 saturated heterocycles. The van der Waals surface area contributed by atoms with Gasteiger partial charge in [0, 0.05) is 0 Å². The van der Waals surface area contributed by atoms with Crippen molar-refractivity contribution in [1.29, 1.82) is 0 Å². The summed E-state index contributed by atoms with van der Waals surface area (Å²) in [6.45, 7) is 10.5. The van der Waals surface area contributed by atoms with Gasteiger partial charge in [0.2, 0.25) is 0 Å². The topological polar surface area (TPSA) is 20.2 Å². The van der Waals surface area contributed by atoms with Crippen LogP contribution in [0.3, 0.4) is 0 Å². The van der Waals surface area contributed by atoms with E-state index in [1.807, 2.05) is 6.92 Å². The summed E-state index contributed by atoms with van der Waals surface area (Å²) in [5, 5.41) is 9.35. The Kier molecular flexibility index (Phi) is 3.37. The first kappa shape index (κ1) is 9.96. The highest BCUT2D eigenvalue weighted by molar-refractivity contribution is 4.76. The van der Waals surface area contributed by atoms with E-state index in [2.05, 4.69) is 27.7 Å². The van der Waals surface area contributed by atoms with Gasteiger partial charge in [0.1, 0.15) is 0 Å². The van der Waals surface area contributed by atoms with E-state index in [9.17, 15) is 5.11 Å². The highest BCUT2D eigenvalue weighted by Gasteiger charge is 2.26. The van der Waals surface area contributed by atoms with Crippen LogP contribution in [0.15, 0.2) is 0 Å². The Labute approximate surface area is 64.5 Å². The molecule has 0 spiro atoms. The van der Waals surface area contributed by atoms with E-state index in [0.29, 0.717) is 5.92 Å². The molecule has 1 heteroatoms. The zero-order chi connectivity index (χ0) is 8.36. The summed E-state index contributed by atoms with van der Waals surface area (Å²) in [4.78, 5) is 0. The van der Waals surface area contributed by atoms with Crippen LogP contribution < -0.4 is 0 Å². The van der Waals surface area contributed by atoms with Gasteiger partial charge in [-0.25, -0.2) is 0 Å². The second-order valence-corrected chi connectivity index (χ2v) is 4.12. The predicted octanol–water partition coefficient (Wildman–Crippen LogP) is 2.44. The highest BCUT2D eigenvalue weighted by atomic mass is 16.3. The Morgan fingerprint density at radius 2 is 1.70 bits per heavy atom. The van der Waals surface area contributed by atoms with Crippen LogP contribution in [-0.2, 0) is 0 Å². The van der Waals surface area contributed by atoms with Crippen molar-refractivity contribution in [2.24, 2.45) is 11.3 Å². The lowest BCUT2D eigenvalue weighted by Crippen LogP contribution is -2.29. The van der Waals surface area contributed by atoms with Gasteiger partial charge in [-0.2, -0.15) is 0 Å². The molecule has 62 valence electrons. The molecule has 0 unspecified atom stereocenters. The van der Waals surface area contributed by atoms with Crippen LogP contribution in [-0.4, -0.2) is 11.2 Å². The van der Waals surface area contributed by atoms with Crippen molar-refractivity contribution in [2.45, 2.75) is 47.1 Å². The second-order valence-electron chi connectivity index (χ2n) is 4.12. The predicted molar refractivity (Wildman–Crippen MR) is 44.9 cm³/mol. The average molecular weight is 144 g/mol. The Morgan fingerprint density at radius 1 is 1.30 bits per heavy atom. The van der Waals surface area contributed by atoms with Gasteiger partial charge in [-0.3, -0.25) is 0 Å². The molecule has 0 aliphatic rings. The first-order chi connectivity index (χ1) is 4.39.